The van der Waals surface area contributed by atoms with E-state index in [2.05, 4.69) is 4.18 Å². The van der Waals surface area contributed by atoms with Gasteiger partial charge >= 0.3 is 15.6 Å². The summed E-state index contributed by atoms with van der Waals surface area (Å²) in [6.45, 7) is -0.980. The van der Waals surface area contributed by atoms with E-state index >= 15 is 0 Å². The fraction of sp³-hybridized carbons (Fsp3) is 1.00. The minimum Gasteiger partial charge on any atom is -0.351 e. The zero-order chi connectivity index (χ0) is 13.7. The summed E-state index contributed by atoms with van der Waals surface area (Å²) in [5.41, 5.74) is -6.92. The molecule has 4 nitrogen and oxygen atoms in total. The molecular formula is C6H10F4IO4PS. The summed E-state index contributed by atoms with van der Waals surface area (Å²) >= 11 is 1.85. The van der Waals surface area contributed by atoms with Gasteiger partial charge in [0.2, 0.25) is 0 Å². The van der Waals surface area contributed by atoms with E-state index in [0.29, 0.717) is 0 Å². The average molecular weight is 412 g/mol. The maximum absolute atomic E-state index is 12.6. The van der Waals surface area contributed by atoms with Gasteiger partial charge in [-0.1, -0.05) is 6.92 Å². The van der Waals surface area contributed by atoms with Crippen LogP contribution in [0.5, 0.6) is 0 Å². The highest BCUT2D eigenvalue weighted by Crippen LogP contribution is 2.30. The molecule has 0 bridgehead atoms. The van der Waals surface area contributed by atoms with Crippen LogP contribution in [0.1, 0.15) is 6.92 Å². The van der Waals surface area contributed by atoms with Gasteiger partial charge in [0.05, 0.1) is 26.3 Å². The first kappa shape index (κ1) is 17.8. The van der Waals surface area contributed by atoms with E-state index in [1.807, 2.05) is 22.0 Å². The average Bonchev–Trinajstić information content (AvgIpc) is 2.22. The van der Waals surface area contributed by atoms with Crippen LogP contribution in [-0.4, -0.2) is 33.8 Å². The number of halogens is 5. The highest BCUT2D eigenvalue weighted by Gasteiger charge is 2.48. The quantitative estimate of drug-likeness (QED) is 0.212. The lowest BCUT2D eigenvalue weighted by molar-refractivity contribution is -0.0577. The van der Waals surface area contributed by atoms with E-state index in [4.69, 9.17) is 4.52 Å². The van der Waals surface area contributed by atoms with Crippen LogP contribution in [0.25, 0.3) is 0 Å². The van der Waals surface area contributed by atoms with Crippen molar-refractivity contribution in [2.45, 2.75) is 12.4 Å². The SMILES string of the molecule is CC(CF)(COPI)COS(=O)(=O)C(F)(F)F. The third kappa shape index (κ3) is 5.95. The second-order valence-corrected chi connectivity index (χ2v) is 6.84. The lowest BCUT2D eigenvalue weighted by Crippen LogP contribution is -2.35. The zero-order valence-electron chi connectivity index (χ0n) is 8.55. The summed E-state index contributed by atoms with van der Waals surface area (Å²) in [5.74, 6) is 0. The molecule has 104 valence electrons. The molecule has 0 rings (SSSR count). The molecule has 0 radical (unpaired) electrons. The van der Waals surface area contributed by atoms with Crippen LogP contribution in [0.3, 0.4) is 0 Å². The van der Waals surface area contributed by atoms with Crippen LogP contribution in [0, 0.1) is 5.41 Å². The summed E-state index contributed by atoms with van der Waals surface area (Å²) in [5, 5.41) is 0. The molecule has 0 saturated heterocycles. The Balaban J connectivity index is 4.53. The van der Waals surface area contributed by atoms with E-state index in [1.165, 1.54) is 6.92 Å². The maximum Gasteiger partial charge on any atom is 0.523 e. The fourth-order valence-electron chi connectivity index (χ4n) is 0.607. The van der Waals surface area contributed by atoms with Crippen LogP contribution < -0.4 is 0 Å². The molecular weight excluding hydrogens is 402 g/mol. The van der Waals surface area contributed by atoms with Crippen molar-refractivity contribution in [3.63, 3.8) is 0 Å². The molecule has 0 saturated carbocycles. The maximum atomic E-state index is 12.6. The van der Waals surface area contributed by atoms with Crippen LogP contribution in [-0.2, 0) is 18.8 Å². The van der Waals surface area contributed by atoms with Gasteiger partial charge in [-0.2, -0.15) is 21.6 Å². The molecule has 0 amide bonds. The lowest BCUT2D eigenvalue weighted by atomic mass is 9.95. The predicted octanol–water partition coefficient (Wildman–Crippen LogP) is 2.79. The number of hydrogen-bond donors (Lipinski definition) is 0. The standard InChI is InChI=1S/C6H10F4IO4PS/c1-5(2-7,3-14-16-11)4-15-17(12,13)6(8,9)10/h16H,2-4H2,1H3. The van der Waals surface area contributed by atoms with Crippen molar-refractivity contribution in [1.29, 1.82) is 0 Å². The fourth-order valence-corrected chi connectivity index (χ4v) is 2.05. The van der Waals surface area contributed by atoms with Gasteiger partial charge in [-0.25, -0.2) is 0 Å². The highest BCUT2D eigenvalue weighted by atomic mass is 127. The minimum atomic E-state index is -5.69. The predicted molar refractivity (Wildman–Crippen MR) is 63.3 cm³/mol. The number of rotatable bonds is 7. The van der Waals surface area contributed by atoms with Gasteiger partial charge in [-0.3, -0.25) is 8.57 Å². The Morgan fingerprint density at radius 1 is 1.29 bits per heavy atom. The molecule has 0 spiro atoms. The largest absolute Gasteiger partial charge is 0.523 e. The van der Waals surface area contributed by atoms with Gasteiger partial charge in [-0.05, 0) is 22.0 Å². The smallest absolute Gasteiger partial charge is 0.351 e. The van der Waals surface area contributed by atoms with E-state index in [0.717, 1.165) is 0 Å². The van der Waals surface area contributed by atoms with E-state index in [1.54, 1.807) is 0 Å². The van der Waals surface area contributed by atoms with E-state index in [9.17, 15) is 26.0 Å². The Morgan fingerprint density at radius 2 is 1.82 bits per heavy atom. The molecule has 17 heavy (non-hydrogen) atoms. The van der Waals surface area contributed by atoms with Crippen LogP contribution in [0.2, 0.25) is 0 Å². The third-order valence-corrected chi connectivity index (χ3v) is 3.83. The molecule has 2 atom stereocenters. The summed E-state index contributed by atoms with van der Waals surface area (Å²) in [7, 11) is -5.69. The Hall–Kier alpha value is 0.750. The Labute approximate surface area is 111 Å². The molecule has 0 aromatic rings. The van der Waals surface area contributed by atoms with Gasteiger partial charge in [0, 0.05) is 5.41 Å². The number of hydrogen-bond acceptors (Lipinski definition) is 4. The summed E-state index contributed by atoms with van der Waals surface area (Å²) < 4.78 is 78.2. The molecule has 0 heterocycles. The minimum absolute atomic E-state index is 0.00934. The van der Waals surface area contributed by atoms with Crippen molar-refractivity contribution in [2.24, 2.45) is 5.41 Å². The Kier molecular flexibility index (Phi) is 7.08. The van der Waals surface area contributed by atoms with Crippen LogP contribution in [0.15, 0.2) is 0 Å². The molecule has 11 heteroatoms. The Morgan fingerprint density at radius 3 is 2.18 bits per heavy atom. The molecule has 2 unspecified atom stereocenters. The molecule has 0 fully saturated rings. The van der Waals surface area contributed by atoms with Crippen molar-refractivity contribution in [3.05, 3.63) is 0 Å². The normalized spacial score (nSPS) is 17.5. The van der Waals surface area contributed by atoms with E-state index in [-0.39, 0.29) is 13.1 Å². The van der Waals surface area contributed by atoms with Crippen molar-refractivity contribution >= 4 is 38.6 Å². The molecule has 0 aliphatic heterocycles. The lowest BCUT2D eigenvalue weighted by Gasteiger charge is -2.24. The zero-order valence-corrected chi connectivity index (χ0v) is 12.5. The van der Waals surface area contributed by atoms with Gasteiger partial charge < -0.3 is 4.52 Å². The Bertz CT molecular complexity index is 335. The third-order valence-electron chi connectivity index (χ3n) is 1.64. The monoisotopic (exact) mass is 412 g/mol. The first-order valence-electron chi connectivity index (χ1n) is 4.07. The van der Waals surface area contributed by atoms with Gasteiger partial charge in [0.1, 0.15) is 0 Å². The molecule has 0 aromatic carbocycles. The van der Waals surface area contributed by atoms with Crippen LogP contribution >= 0.6 is 28.5 Å². The summed E-state index contributed by atoms with van der Waals surface area (Å²) in [6.07, 6.45) is 0. The molecule has 0 aliphatic rings. The van der Waals surface area contributed by atoms with Gasteiger partial charge in [0.25, 0.3) is 0 Å². The molecule has 0 N–H and O–H groups in total. The first-order valence-corrected chi connectivity index (χ1v) is 9.50. The molecule has 0 aromatic heterocycles. The van der Waals surface area contributed by atoms with Crippen molar-refractivity contribution < 1.29 is 34.7 Å². The van der Waals surface area contributed by atoms with Crippen molar-refractivity contribution in [3.8, 4) is 0 Å². The van der Waals surface area contributed by atoms with Crippen molar-refractivity contribution in [1.82, 2.24) is 0 Å². The highest BCUT2D eigenvalue weighted by molar-refractivity contribution is 14.2. The van der Waals surface area contributed by atoms with Gasteiger partial charge in [0.15, 0.2) is 0 Å². The second kappa shape index (κ2) is 6.78. The number of alkyl halides is 4. The summed E-state index contributed by atoms with van der Waals surface area (Å²) in [4.78, 5) is 0. The van der Waals surface area contributed by atoms with Crippen molar-refractivity contribution in [2.75, 3.05) is 19.9 Å². The van der Waals surface area contributed by atoms with Crippen LogP contribution in [0.4, 0.5) is 17.6 Å². The van der Waals surface area contributed by atoms with E-state index < -0.39 is 34.3 Å². The van der Waals surface area contributed by atoms with Gasteiger partial charge in [-0.15, -0.1) is 0 Å². The second-order valence-electron chi connectivity index (χ2n) is 3.47. The first-order chi connectivity index (χ1) is 7.58. The molecule has 0 aliphatic carbocycles. The summed E-state index contributed by atoms with van der Waals surface area (Å²) in [6, 6.07) is 0. The topological polar surface area (TPSA) is 52.6 Å².